The van der Waals surface area contributed by atoms with Gasteiger partial charge in [-0.3, -0.25) is 4.90 Å². The lowest BCUT2D eigenvalue weighted by molar-refractivity contribution is 0.246. The van der Waals surface area contributed by atoms with E-state index in [2.05, 4.69) is 77.4 Å². The third kappa shape index (κ3) is 4.09. The Morgan fingerprint density at radius 1 is 0.852 bits per heavy atom. The van der Waals surface area contributed by atoms with Gasteiger partial charge in [-0.05, 0) is 46.5 Å². The van der Waals surface area contributed by atoms with Crippen molar-refractivity contribution >= 4 is 16.5 Å². The first-order valence-electron chi connectivity index (χ1n) is 9.83. The van der Waals surface area contributed by atoms with Crippen LogP contribution in [0.3, 0.4) is 0 Å². The predicted molar refractivity (Wildman–Crippen MR) is 114 cm³/mol. The summed E-state index contributed by atoms with van der Waals surface area (Å²) in [6, 6.07) is 23.9. The fourth-order valence-electron chi connectivity index (χ4n) is 4.00. The third-order valence-corrected chi connectivity index (χ3v) is 5.67. The first-order chi connectivity index (χ1) is 13.2. The molecule has 4 rings (SSSR count). The zero-order valence-electron chi connectivity index (χ0n) is 16.3. The minimum atomic E-state index is 0.528. The number of nitrogens with zero attached hydrogens (tertiary/aromatic N) is 2. The number of ether oxygens (including phenoxy) is 1. The second-order valence-electron chi connectivity index (χ2n) is 7.50. The highest BCUT2D eigenvalue weighted by Crippen LogP contribution is 2.26. The monoisotopic (exact) mass is 360 g/mol. The van der Waals surface area contributed by atoms with Crippen molar-refractivity contribution in [2.75, 3.05) is 44.7 Å². The van der Waals surface area contributed by atoms with E-state index in [-0.39, 0.29) is 0 Å². The van der Waals surface area contributed by atoms with E-state index < -0.39 is 0 Å². The van der Waals surface area contributed by atoms with Crippen LogP contribution < -0.4 is 9.64 Å². The molecule has 1 heterocycles. The fourth-order valence-corrected chi connectivity index (χ4v) is 4.00. The van der Waals surface area contributed by atoms with Gasteiger partial charge >= 0.3 is 0 Å². The molecule has 0 aromatic heterocycles. The number of piperazine rings is 1. The Labute approximate surface area is 162 Å². The van der Waals surface area contributed by atoms with Crippen molar-refractivity contribution in [1.29, 1.82) is 0 Å². The van der Waals surface area contributed by atoms with Gasteiger partial charge in [0.25, 0.3) is 0 Å². The second kappa shape index (κ2) is 8.01. The summed E-state index contributed by atoms with van der Waals surface area (Å²) in [6.07, 6.45) is 0. The van der Waals surface area contributed by atoms with E-state index in [0.29, 0.717) is 5.92 Å². The van der Waals surface area contributed by atoms with E-state index in [0.717, 1.165) is 38.5 Å². The first kappa shape index (κ1) is 17.9. The molecule has 0 bridgehead atoms. The van der Waals surface area contributed by atoms with Gasteiger partial charge in [-0.25, -0.2) is 0 Å². The molecule has 0 amide bonds. The van der Waals surface area contributed by atoms with Crippen molar-refractivity contribution in [2.24, 2.45) is 0 Å². The van der Waals surface area contributed by atoms with Crippen LogP contribution in [0.1, 0.15) is 18.4 Å². The van der Waals surface area contributed by atoms with Crippen molar-refractivity contribution in [3.63, 3.8) is 0 Å². The molecule has 0 aliphatic carbocycles. The van der Waals surface area contributed by atoms with E-state index >= 15 is 0 Å². The van der Waals surface area contributed by atoms with Crippen LogP contribution in [0.15, 0.2) is 66.7 Å². The van der Waals surface area contributed by atoms with Crippen LogP contribution in [0, 0.1) is 0 Å². The van der Waals surface area contributed by atoms with Crippen LogP contribution in [0.5, 0.6) is 5.75 Å². The van der Waals surface area contributed by atoms with E-state index in [1.165, 1.54) is 22.0 Å². The molecule has 27 heavy (non-hydrogen) atoms. The summed E-state index contributed by atoms with van der Waals surface area (Å²) in [4.78, 5) is 5.09. The predicted octanol–water partition coefficient (Wildman–Crippen LogP) is 4.77. The van der Waals surface area contributed by atoms with Crippen LogP contribution in [-0.4, -0.2) is 44.7 Å². The molecule has 1 saturated heterocycles. The lowest BCUT2D eigenvalue weighted by atomic mass is 9.97. The SMILES string of the molecule is COc1ccc2cc(C(C)CN3CCN(c4ccccc4)CC3)ccc2c1. The Hall–Kier alpha value is -2.52. The average Bonchev–Trinajstić information content (AvgIpc) is 2.74. The molecule has 1 aliphatic rings. The Balaban J connectivity index is 1.38. The molecule has 1 unspecified atom stereocenters. The topological polar surface area (TPSA) is 15.7 Å². The zero-order chi connectivity index (χ0) is 18.6. The maximum Gasteiger partial charge on any atom is 0.119 e. The van der Waals surface area contributed by atoms with Gasteiger partial charge < -0.3 is 9.64 Å². The molecule has 0 spiro atoms. The van der Waals surface area contributed by atoms with Crippen molar-refractivity contribution < 1.29 is 4.74 Å². The summed E-state index contributed by atoms with van der Waals surface area (Å²) in [5.74, 6) is 1.44. The summed E-state index contributed by atoms with van der Waals surface area (Å²) in [5, 5.41) is 2.52. The molecule has 0 radical (unpaired) electrons. The summed E-state index contributed by atoms with van der Waals surface area (Å²) in [7, 11) is 1.72. The second-order valence-corrected chi connectivity index (χ2v) is 7.50. The minimum absolute atomic E-state index is 0.528. The summed E-state index contributed by atoms with van der Waals surface area (Å²) >= 11 is 0. The number of para-hydroxylation sites is 1. The fraction of sp³-hybridized carbons (Fsp3) is 0.333. The lowest BCUT2D eigenvalue weighted by Gasteiger charge is -2.37. The number of anilines is 1. The molecule has 3 aromatic carbocycles. The summed E-state index contributed by atoms with van der Waals surface area (Å²) in [5.41, 5.74) is 2.76. The molecule has 3 heteroatoms. The van der Waals surface area contributed by atoms with E-state index in [4.69, 9.17) is 4.74 Å². The van der Waals surface area contributed by atoms with Crippen molar-refractivity contribution in [3.8, 4) is 5.75 Å². The van der Waals surface area contributed by atoms with Crippen LogP contribution in [0.2, 0.25) is 0 Å². The standard InChI is InChI=1S/C24H28N2O/c1-19(20-8-9-22-17-24(27-2)11-10-21(22)16-20)18-25-12-14-26(15-13-25)23-6-4-3-5-7-23/h3-11,16-17,19H,12-15,18H2,1-2H3. The number of hydrogen-bond donors (Lipinski definition) is 0. The van der Waals surface area contributed by atoms with Crippen molar-refractivity contribution in [3.05, 3.63) is 72.3 Å². The van der Waals surface area contributed by atoms with E-state index in [9.17, 15) is 0 Å². The van der Waals surface area contributed by atoms with Gasteiger partial charge in [0, 0.05) is 38.4 Å². The van der Waals surface area contributed by atoms with Gasteiger partial charge in [-0.15, -0.1) is 0 Å². The van der Waals surface area contributed by atoms with Crippen LogP contribution in [0.25, 0.3) is 10.8 Å². The highest BCUT2D eigenvalue weighted by atomic mass is 16.5. The maximum atomic E-state index is 5.33. The molecule has 1 atom stereocenters. The largest absolute Gasteiger partial charge is 0.497 e. The number of methoxy groups -OCH3 is 1. The Morgan fingerprint density at radius 3 is 2.30 bits per heavy atom. The van der Waals surface area contributed by atoms with Gasteiger partial charge in [0.15, 0.2) is 0 Å². The molecule has 1 fully saturated rings. The number of benzene rings is 3. The quantitative estimate of drug-likeness (QED) is 0.651. The van der Waals surface area contributed by atoms with Gasteiger partial charge in [-0.1, -0.05) is 49.4 Å². The highest BCUT2D eigenvalue weighted by Gasteiger charge is 2.19. The molecule has 1 aliphatic heterocycles. The van der Waals surface area contributed by atoms with E-state index in [1.807, 2.05) is 6.07 Å². The number of fused-ring (bicyclic) bond motifs is 1. The van der Waals surface area contributed by atoms with E-state index in [1.54, 1.807) is 7.11 Å². The van der Waals surface area contributed by atoms with Gasteiger partial charge in [0.1, 0.15) is 5.75 Å². The van der Waals surface area contributed by atoms with Crippen LogP contribution in [-0.2, 0) is 0 Å². The molecular formula is C24H28N2O. The van der Waals surface area contributed by atoms with Crippen LogP contribution >= 0.6 is 0 Å². The van der Waals surface area contributed by atoms with Gasteiger partial charge in [0.05, 0.1) is 7.11 Å². The van der Waals surface area contributed by atoms with Gasteiger partial charge in [-0.2, -0.15) is 0 Å². The molecule has 3 nitrogen and oxygen atoms in total. The molecule has 3 aromatic rings. The van der Waals surface area contributed by atoms with Crippen LogP contribution in [0.4, 0.5) is 5.69 Å². The smallest absolute Gasteiger partial charge is 0.119 e. The van der Waals surface area contributed by atoms with Crippen molar-refractivity contribution in [2.45, 2.75) is 12.8 Å². The Morgan fingerprint density at radius 2 is 1.56 bits per heavy atom. The average molecular weight is 361 g/mol. The zero-order valence-corrected chi connectivity index (χ0v) is 16.3. The number of hydrogen-bond acceptors (Lipinski definition) is 3. The molecular weight excluding hydrogens is 332 g/mol. The molecule has 140 valence electrons. The molecule has 0 N–H and O–H groups in total. The highest BCUT2D eigenvalue weighted by molar-refractivity contribution is 5.84. The lowest BCUT2D eigenvalue weighted by Crippen LogP contribution is -2.47. The third-order valence-electron chi connectivity index (χ3n) is 5.67. The first-order valence-corrected chi connectivity index (χ1v) is 9.83. The summed E-state index contributed by atoms with van der Waals surface area (Å²) in [6.45, 7) is 7.93. The maximum absolute atomic E-state index is 5.33. The summed E-state index contributed by atoms with van der Waals surface area (Å²) < 4.78 is 5.33. The van der Waals surface area contributed by atoms with Gasteiger partial charge in [0.2, 0.25) is 0 Å². The Kier molecular flexibility index (Phi) is 5.30. The normalized spacial score (nSPS) is 16.4. The number of rotatable bonds is 5. The minimum Gasteiger partial charge on any atom is -0.497 e. The van der Waals surface area contributed by atoms with Crippen molar-refractivity contribution in [1.82, 2.24) is 4.90 Å². The Bertz CT molecular complexity index is 885. The molecule has 0 saturated carbocycles.